The molecule has 0 amide bonds. The summed E-state index contributed by atoms with van der Waals surface area (Å²) >= 11 is 0. The van der Waals surface area contributed by atoms with Crippen molar-refractivity contribution in [2.24, 2.45) is 5.92 Å². The van der Waals surface area contributed by atoms with Crippen molar-refractivity contribution in [2.45, 2.75) is 135 Å². The van der Waals surface area contributed by atoms with E-state index >= 15 is 0 Å². The lowest BCUT2D eigenvalue weighted by Gasteiger charge is -2.16. The van der Waals surface area contributed by atoms with Gasteiger partial charge in [0.2, 0.25) is 0 Å². The molecule has 0 aromatic rings. The van der Waals surface area contributed by atoms with Gasteiger partial charge in [-0.05, 0) is 31.6 Å². The third-order valence-electron chi connectivity index (χ3n) is 5.60. The molecule has 0 aromatic carbocycles. The van der Waals surface area contributed by atoms with Crippen molar-refractivity contribution in [1.29, 1.82) is 0 Å². The van der Waals surface area contributed by atoms with Crippen molar-refractivity contribution in [3.63, 3.8) is 0 Å². The molecule has 0 fully saturated rings. The molecule has 154 valence electrons. The third-order valence-corrected chi connectivity index (χ3v) is 5.60. The molecule has 0 aromatic heterocycles. The first-order valence-corrected chi connectivity index (χ1v) is 12.1. The van der Waals surface area contributed by atoms with Crippen molar-refractivity contribution in [3.8, 4) is 0 Å². The molecule has 0 aliphatic carbocycles. The van der Waals surface area contributed by atoms with E-state index in [1.54, 1.807) is 0 Å². The van der Waals surface area contributed by atoms with Crippen molar-refractivity contribution in [2.75, 3.05) is 0 Å². The Morgan fingerprint density at radius 2 is 1.04 bits per heavy atom. The Bertz CT molecular complexity index is 265. The summed E-state index contributed by atoms with van der Waals surface area (Å²) in [5.74, 6) is 1.00. The highest BCUT2D eigenvalue weighted by molar-refractivity contribution is 4.81. The average Bonchev–Trinajstić information content (AvgIpc) is 2.65. The maximum Gasteiger partial charge on any atom is -0.0351 e. The van der Waals surface area contributed by atoms with Gasteiger partial charge in [0, 0.05) is 0 Å². The fourth-order valence-corrected chi connectivity index (χ4v) is 3.84. The van der Waals surface area contributed by atoms with E-state index in [1.807, 2.05) is 0 Å². The van der Waals surface area contributed by atoms with Gasteiger partial charge in [0.05, 0.1) is 0 Å². The Labute approximate surface area is 167 Å². The van der Waals surface area contributed by atoms with Crippen LogP contribution >= 0.6 is 0 Å². The Balaban J connectivity index is 3.68. The van der Waals surface area contributed by atoms with Gasteiger partial charge in [0.25, 0.3) is 0 Å². The first-order chi connectivity index (χ1) is 12.8. The van der Waals surface area contributed by atoms with E-state index in [0.29, 0.717) is 0 Å². The Kier molecular flexibility index (Phi) is 22.6. The highest BCUT2D eigenvalue weighted by Crippen LogP contribution is 2.24. The smallest absolute Gasteiger partial charge is 0.0351 e. The van der Waals surface area contributed by atoms with E-state index in [2.05, 4.69) is 32.9 Å². The van der Waals surface area contributed by atoms with Crippen LogP contribution in [0.25, 0.3) is 0 Å². The number of unbranched alkanes of at least 4 members (excludes halogenated alkanes) is 13. The van der Waals surface area contributed by atoms with Crippen LogP contribution in [0.2, 0.25) is 0 Å². The number of hydrogen-bond donors (Lipinski definition) is 0. The molecule has 0 bridgehead atoms. The van der Waals surface area contributed by atoms with Crippen LogP contribution in [0.5, 0.6) is 0 Å². The van der Waals surface area contributed by atoms with Gasteiger partial charge in [0.15, 0.2) is 0 Å². The fourth-order valence-electron chi connectivity index (χ4n) is 3.84. The molecule has 0 heteroatoms. The fraction of sp³-hybridized carbons (Fsp3) is 0.846. The minimum atomic E-state index is 1.00. The van der Waals surface area contributed by atoms with Gasteiger partial charge in [-0.25, -0.2) is 0 Å². The van der Waals surface area contributed by atoms with Crippen molar-refractivity contribution in [3.05, 3.63) is 26.0 Å². The predicted molar refractivity (Wildman–Crippen MR) is 121 cm³/mol. The van der Waals surface area contributed by atoms with Gasteiger partial charge < -0.3 is 0 Å². The number of rotatable bonds is 21. The van der Waals surface area contributed by atoms with Crippen molar-refractivity contribution < 1.29 is 0 Å². The summed E-state index contributed by atoms with van der Waals surface area (Å²) in [5, 5.41) is 0. The summed E-state index contributed by atoms with van der Waals surface area (Å²) in [5.41, 5.74) is 0. The zero-order valence-corrected chi connectivity index (χ0v) is 18.3. The van der Waals surface area contributed by atoms with Crippen LogP contribution in [0.15, 0.2) is 12.2 Å². The third kappa shape index (κ3) is 20.1. The molecular weight excluding hydrogens is 312 g/mol. The maximum atomic E-state index is 3.92. The minimum Gasteiger partial charge on any atom is -0.0885 e. The normalized spacial score (nSPS) is 12.9. The van der Waals surface area contributed by atoms with Crippen LogP contribution in [0.3, 0.4) is 0 Å². The summed E-state index contributed by atoms with van der Waals surface area (Å²) in [6.45, 7) is 10.1. The zero-order valence-electron chi connectivity index (χ0n) is 18.3. The summed E-state index contributed by atoms with van der Waals surface area (Å²) < 4.78 is 0. The van der Waals surface area contributed by atoms with E-state index < -0.39 is 0 Å². The van der Waals surface area contributed by atoms with Gasteiger partial charge in [-0.1, -0.05) is 136 Å². The molecule has 1 atom stereocenters. The Morgan fingerprint density at radius 3 is 1.62 bits per heavy atom. The molecule has 0 aliphatic rings. The van der Waals surface area contributed by atoms with E-state index in [9.17, 15) is 0 Å². The molecule has 0 nitrogen and oxygen atoms in total. The number of hydrogen-bond acceptors (Lipinski definition) is 0. The van der Waals surface area contributed by atoms with Crippen LogP contribution in [-0.4, -0.2) is 0 Å². The lowest BCUT2D eigenvalue weighted by molar-refractivity contribution is 0.371. The lowest BCUT2D eigenvalue weighted by atomic mass is 9.90. The first-order valence-electron chi connectivity index (χ1n) is 12.1. The van der Waals surface area contributed by atoms with Gasteiger partial charge in [-0.3, -0.25) is 0 Å². The van der Waals surface area contributed by atoms with Gasteiger partial charge in [-0.2, -0.15) is 0 Å². The van der Waals surface area contributed by atoms with Gasteiger partial charge in [-0.15, -0.1) is 0 Å². The summed E-state index contributed by atoms with van der Waals surface area (Å²) in [7, 11) is 0. The van der Waals surface area contributed by atoms with Crippen molar-refractivity contribution in [1.82, 2.24) is 0 Å². The van der Waals surface area contributed by atoms with Crippen molar-refractivity contribution >= 4 is 0 Å². The standard InChI is InChI=1S/C26H50/c1-4-7-10-12-14-15-17-19-22-25-26(23-20-9-6-3)24-21-18-16-13-11-8-5-2/h11,13,26H,1-2,4-10,12,14-25H2,3H3/b13-11+. The molecule has 0 heterocycles. The molecule has 2 radical (unpaired) electrons. The van der Waals surface area contributed by atoms with Crippen LogP contribution in [-0.2, 0) is 0 Å². The second-order valence-corrected chi connectivity index (χ2v) is 8.23. The SMILES string of the molecule is [CH2]CC/C=C/CCCCC(CCCCC)CCCCCCCCCC[CH2]. The van der Waals surface area contributed by atoms with E-state index in [1.165, 1.54) is 109 Å². The van der Waals surface area contributed by atoms with E-state index in [0.717, 1.165) is 25.2 Å². The quantitative estimate of drug-likeness (QED) is 0.141. The molecular formula is C26H50. The second kappa shape index (κ2) is 22.8. The van der Waals surface area contributed by atoms with E-state index in [-0.39, 0.29) is 0 Å². The lowest BCUT2D eigenvalue weighted by Crippen LogP contribution is -2.01. The molecule has 0 rings (SSSR count). The molecule has 0 spiro atoms. The molecule has 1 unspecified atom stereocenters. The maximum absolute atomic E-state index is 3.92. The number of allylic oxidation sites excluding steroid dienone is 2. The van der Waals surface area contributed by atoms with Crippen LogP contribution in [0.1, 0.15) is 135 Å². The summed E-state index contributed by atoms with van der Waals surface area (Å²) in [6.07, 6.45) is 32.2. The Hall–Kier alpha value is -0.260. The zero-order chi connectivity index (χ0) is 19.1. The molecule has 0 aliphatic heterocycles. The second-order valence-electron chi connectivity index (χ2n) is 8.23. The van der Waals surface area contributed by atoms with Gasteiger partial charge >= 0.3 is 0 Å². The monoisotopic (exact) mass is 362 g/mol. The summed E-state index contributed by atoms with van der Waals surface area (Å²) in [4.78, 5) is 0. The van der Waals surface area contributed by atoms with Gasteiger partial charge in [0.1, 0.15) is 0 Å². The minimum absolute atomic E-state index is 1.00. The highest BCUT2D eigenvalue weighted by Gasteiger charge is 2.08. The van der Waals surface area contributed by atoms with Crippen LogP contribution in [0.4, 0.5) is 0 Å². The Morgan fingerprint density at radius 1 is 0.538 bits per heavy atom. The predicted octanol–water partition coefficient (Wildman–Crippen LogP) is 9.65. The van der Waals surface area contributed by atoms with Crippen LogP contribution < -0.4 is 0 Å². The summed E-state index contributed by atoms with van der Waals surface area (Å²) in [6, 6.07) is 0. The highest BCUT2D eigenvalue weighted by atomic mass is 14.1. The molecule has 26 heavy (non-hydrogen) atoms. The molecule has 0 saturated carbocycles. The molecule has 0 N–H and O–H groups in total. The van der Waals surface area contributed by atoms with E-state index in [4.69, 9.17) is 0 Å². The van der Waals surface area contributed by atoms with Crippen LogP contribution in [0, 0.1) is 19.8 Å². The first kappa shape index (κ1) is 25.7. The topological polar surface area (TPSA) is 0 Å². The average molecular weight is 363 g/mol. The molecule has 0 saturated heterocycles. The largest absolute Gasteiger partial charge is 0.0885 e.